The number of carbonyl (C=O) groups is 1. The third kappa shape index (κ3) is 4.25. The van der Waals surface area contributed by atoms with E-state index in [1.165, 1.54) is 0 Å². The van der Waals surface area contributed by atoms with Gasteiger partial charge in [-0.15, -0.1) is 12.4 Å². The van der Waals surface area contributed by atoms with Gasteiger partial charge in [0, 0.05) is 37.9 Å². The molecule has 1 atom stereocenters. The lowest BCUT2D eigenvalue weighted by Gasteiger charge is -2.37. The number of carbonyl (C=O) groups excluding carboxylic acids is 1. The number of hydrogen-bond acceptors (Lipinski definition) is 4. The number of halogens is 1. The standard InChI is InChI=1S/C15H23N3O2.ClH/c1-11(2)14(16)15(20)18-8-6-17(7-9-18)12-4-3-5-13(19)10-12;/h3-5,10-11,14,19H,6-9,16H2,1-2H3;1H/t14-;/m0./s1. The highest BCUT2D eigenvalue weighted by Crippen LogP contribution is 2.21. The molecule has 0 spiro atoms. The van der Waals surface area contributed by atoms with Gasteiger partial charge in [0.1, 0.15) is 5.75 Å². The van der Waals surface area contributed by atoms with E-state index in [0.29, 0.717) is 13.1 Å². The van der Waals surface area contributed by atoms with Crippen LogP contribution < -0.4 is 10.6 Å². The van der Waals surface area contributed by atoms with E-state index in [0.717, 1.165) is 18.8 Å². The molecule has 118 valence electrons. The zero-order valence-corrected chi connectivity index (χ0v) is 13.3. The molecule has 1 aliphatic heterocycles. The van der Waals surface area contributed by atoms with Crippen LogP contribution in [0, 0.1) is 5.92 Å². The SMILES string of the molecule is CC(C)[C@H](N)C(=O)N1CCN(c2cccc(O)c2)CC1.Cl. The number of phenolic OH excluding ortho intramolecular Hbond substituents is 1. The van der Waals surface area contributed by atoms with Gasteiger partial charge in [-0.2, -0.15) is 0 Å². The van der Waals surface area contributed by atoms with E-state index in [4.69, 9.17) is 5.73 Å². The minimum absolute atomic E-state index is 0. The Labute approximate surface area is 132 Å². The predicted molar refractivity (Wildman–Crippen MR) is 87.0 cm³/mol. The molecule has 1 saturated heterocycles. The normalized spacial score (nSPS) is 16.6. The third-order valence-corrected chi connectivity index (χ3v) is 3.79. The summed E-state index contributed by atoms with van der Waals surface area (Å²) in [7, 11) is 0. The molecule has 1 aromatic carbocycles. The second-order valence-electron chi connectivity index (χ2n) is 5.60. The highest BCUT2D eigenvalue weighted by Gasteiger charge is 2.26. The van der Waals surface area contributed by atoms with E-state index in [2.05, 4.69) is 4.90 Å². The Morgan fingerprint density at radius 3 is 2.38 bits per heavy atom. The highest BCUT2D eigenvalue weighted by molar-refractivity contribution is 5.85. The van der Waals surface area contributed by atoms with Crippen molar-refractivity contribution in [1.82, 2.24) is 4.90 Å². The van der Waals surface area contributed by atoms with E-state index in [-0.39, 0.29) is 30.0 Å². The zero-order chi connectivity index (χ0) is 14.7. The van der Waals surface area contributed by atoms with Gasteiger partial charge < -0.3 is 20.6 Å². The summed E-state index contributed by atoms with van der Waals surface area (Å²) < 4.78 is 0. The summed E-state index contributed by atoms with van der Waals surface area (Å²) in [5.74, 6) is 0.463. The first-order chi connectivity index (χ1) is 9.49. The quantitative estimate of drug-likeness (QED) is 0.886. The molecule has 0 saturated carbocycles. The van der Waals surface area contributed by atoms with Crippen molar-refractivity contribution in [3.05, 3.63) is 24.3 Å². The number of amides is 1. The summed E-state index contributed by atoms with van der Waals surface area (Å²) in [6.07, 6.45) is 0. The lowest BCUT2D eigenvalue weighted by molar-refractivity contribution is -0.133. The average Bonchev–Trinajstić information content (AvgIpc) is 2.46. The molecule has 1 aliphatic rings. The Bertz CT molecular complexity index is 474. The van der Waals surface area contributed by atoms with Gasteiger partial charge in [-0.3, -0.25) is 4.79 Å². The topological polar surface area (TPSA) is 69.8 Å². The lowest BCUT2D eigenvalue weighted by Crippen LogP contribution is -2.54. The predicted octanol–water partition coefficient (Wildman–Crippen LogP) is 1.45. The van der Waals surface area contributed by atoms with Crippen LogP contribution in [0.2, 0.25) is 0 Å². The Morgan fingerprint density at radius 2 is 1.86 bits per heavy atom. The summed E-state index contributed by atoms with van der Waals surface area (Å²) in [5, 5.41) is 9.51. The Hall–Kier alpha value is -1.46. The molecule has 3 N–H and O–H groups in total. The van der Waals surface area contributed by atoms with Gasteiger partial charge in [0.15, 0.2) is 0 Å². The van der Waals surface area contributed by atoms with Crippen molar-refractivity contribution < 1.29 is 9.90 Å². The molecule has 0 bridgehead atoms. The van der Waals surface area contributed by atoms with Gasteiger partial charge in [-0.1, -0.05) is 19.9 Å². The zero-order valence-electron chi connectivity index (χ0n) is 12.5. The maximum absolute atomic E-state index is 12.2. The molecule has 5 nitrogen and oxygen atoms in total. The number of aromatic hydroxyl groups is 1. The van der Waals surface area contributed by atoms with Crippen molar-refractivity contribution in [2.75, 3.05) is 31.1 Å². The summed E-state index contributed by atoms with van der Waals surface area (Å²) in [4.78, 5) is 16.2. The van der Waals surface area contributed by atoms with Crippen molar-refractivity contribution in [3.8, 4) is 5.75 Å². The van der Waals surface area contributed by atoms with Crippen molar-refractivity contribution >= 4 is 24.0 Å². The molecule has 1 aromatic rings. The molecule has 0 radical (unpaired) electrons. The molecular formula is C15H24ClN3O2. The molecule has 0 aliphatic carbocycles. The van der Waals surface area contributed by atoms with Crippen LogP contribution in [0.1, 0.15) is 13.8 Å². The van der Waals surface area contributed by atoms with Crippen molar-refractivity contribution in [2.45, 2.75) is 19.9 Å². The van der Waals surface area contributed by atoms with Gasteiger partial charge in [0.2, 0.25) is 5.91 Å². The van der Waals surface area contributed by atoms with Gasteiger partial charge in [-0.25, -0.2) is 0 Å². The summed E-state index contributed by atoms with van der Waals surface area (Å²) in [5.41, 5.74) is 6.91. The van der Waals surface area contributed by atoms with E-state index >= 15 is 0 Å². The van der Waals surface area contributed by atoms with Crippen LogP contribution in [0.15, 0.2) is 24.3 Å². The number of hydrogen-bond donors (Lipinski definition) is 2. The monoisotopic (exact) mass is 313 g/mol. The third-order valence-electron chi connectivity index (χ3n) is 3.79. The molecule has 6 heteroatoms. The van der Waals surface area contributed by atoms with Crippen LogP contribution in [0.25, 0.3) is 0 Å². The number of nitrogens with zero attached hydrogens (tertiary/aromatic N) is 2. The average molecular weight is 314 g/mol. The fraction of sp³-hybridized carbons (Fsp3) is 0.533. The second-order valence-corrected chi connectivity index (χ2v) is 5.60. The van der Waals surface area contributed by atoms with E-state index in [1.54, 1.807) is 12.1 Å². The van der Waals surface area contributed by atoms with Gasteiger partial charge in [0.25, 0.3) is 0 Å². The molecule has 0 unspecified atom stereocenters. The minimum atomic E-state index is -0.415. The Kier molecular flexibility index (Phi) is 6.30. The largest absolute Gasteiger partial charge is 0.508 e. The molecule has 21 heavy (non-hydrogen) atoms. The number of nitrogens with two attached hydrogens (primary N) is 1. The summed E-state index contributed by atoms with van der Waals surface area (Å²) in [6, 6.07) is 6.79. The van der Waals surface area contributed by atoms with Crippen LogP contribution in [-0.2, 0) is 4.79 Å². The first kappa shape index (κ1) is 17.6. The molecule has 1 fully saturated rings. The molecule has 1 heterocycles. The van der Waals surface area contributed by atoms with E-state index < -0.39 is 6.04 Å². The molecular weight excluding hydrogens is 290 g/mol. The number of rotatable bonds is 3. The second kappa shape index (κ2) is 7.52. The minimum Gasteiger partial charge on any atom is -0.508 e. The maximum Gasteiger partial charge on any atom is 0.239 e. The number of phenols is 1. The van der Waals surface area contributed by atoms with Crippen molar-refractivity contribution in [1.29, 1.82) is 0 Å². The van der Waals surface area contributed by atoms with Crippen LogP contribution in [0.3, 0.4) is 0 Å². The van der Waals surface area contributed by atoms with Crippen LogP contribution in [0.4, 0.5) is 5.69 Å². The number of benzene rings is 1. The van der Waals surface area contributed by atoms with Crippen molar-refractivity contribution in [2.24, 2.45) is 11.7 Å². The van der Waals surface area contributed by atoms with E-state index in [9.17, 15) is 9.90 Å². The van der Waals surface area contributed by atoms with Gasteiger partial charge in [0.05, 0.1) is 6.04 Å². The molecule has 1 amide bonds. The maximum atomic E-state index is 12.2. The first-order valence-electron chi connectivity index (χ1n) is 7.07. The fourth-order valence-electron chi connectivity index (χ4n) is 2.37. The summed E-state index contributed by atoms with van der Waals surface area (Å²) >= 11 is 0. The molecule has 0 aromatic heterocycles. The van der Waals surface area contributed by atoms with Crippen LogP contribution >= 0.6 is 12.4 Å². The highest BCUT2D eigenvalue weighted by atomic mass is 35.5. The Balaban J connectivity index is 0.00000220. The van der Waals surface area contributed by atoms with Gasteiger partial charge >= 0.3 is 0 Å². The van der Waals surface area contributed by atoms with Gasteiger partial charge in [-0.05, 0) is 18.1 Å². The summed E-state index contributed by atoms with van der Waals surface area (Å²) in [6.45, 7) is 6.81. The smallest absolute Gasteiger partial charge is 0.239 e. The van der Waals surface area contributed by atoms with Crippen LogP contribution in [0.5, 0.6) is 5.75 Å². The first-order valence-corrected chi connectivity index (χ1v) is 7.07. The number of piperazine rings is 1. The van der Waals surface area contributed by atoms with Crippen molar-refractivity contribution in [3.63, 3.8) is 0 Å². The van der Waals surface area contributed by atoms with E-state index in [1.807, 2.05) is 30.9 Å². The Morgan fingerprint density at radius 1 is 1.24 bits per heavy atom. The number of anilines is 1. The lowest BCUT2D eigenvalue weighted by atomic mass is 10.0. The van der Waals surface area contributed by atoms with Crippen LogP contribution in [-0.4, -0.2) is 48.1 Å². The fourth-order valence-corrected chi connectivity index (χ4v) is 2.37. The molecule has 2 rings (SSSR count).